The number of hydrogen-bond acceptors (Lipinski definition) is 5. The van der Waals surface area contributed by atoms with Crippen molar-refractivity contribution in [2.45, 2.75) is 4.21 Å². The van der Waals surface area contributed by atoms with Crippen LogP contribution in [0.1, 0.15) is 0 Å². The second-order valence-electron chi connectivity index (χ2n) is 5.48. The van der Waals surface area contributed by atoms with E-state index in [1.54, 1.807) is 24.3 Å². The summed E-state index contributed by atoms with van der Waals surface area (Å²) in [6, 6.07) is 11.7. The molecule has 0 unspecified atom stereocenters. The van der Waals surface area contributed by atoms with E-state index in [0.717, 1.165) is 15.6 Å². The van der Waals surface area contributed by atoms with Gasteiger partial charge in [-0.15, -0.1) is 11.3 Å². The van der Waals surface area contributed by atoms with E-state index >= 15 is 0 Å². The molecule has 140 valence electrons. The maximum absolute atomic E-state index is 12.4. The molecule has 0 saturated carbocycles. The minimum Gasteiger partial charge on any atom is -0.335 e. The lowest BCUT2D eigenvalue weighted by atomic mass is 10.3. The molecule has 1 N–H and O–H groups in total. The molecule has 0 radical (unpaired) electrons. The van der Waals surface area contributed by atoms with Crippen LogP contribution in [0.4, 0.5) is 5.69 Å². The highest BCUT2D eigenvalue weighted by atomic mass is 35.5. The largest absolute Gasteiger partial charge is 0.335 e. The smallest absolute Gasteiger partial charge is 0.252 e. The van der Waals surface area contributed by atoms with Gasteiger partial charge in [0.25, 0.3) is 10.0 Å². The zero-order chi connectivity index (χ0) is 19.3. The van der Waals surface area contributed by atoms with Crippen LogP contribution in [0.3, 0.4) is 0 Å². The standard InChI is InChI=1S/C16H18ClN3O4S2/c1-19(10-14(21)18-12-6-4-3-5-7-12)15(22)11-20(2)26(23,24)16-9-8-13(17)25-16/h3-9H,10-11H2,1-2H3,(H,18,21). The first-order chi connectivity index (χ1) is 12.2. The number of amides is 2. The van der Waals surface area contributed by atoms with Gasteiger partial charge >= 0.3 is 0 Å². The van der Waals surface area contributed by atoms with Gasteiger partial charge in [-0.3, -0.25) is 9.59 Å². The number of halogens is 1. The van der Waals surface area contributed by atoms with E-state index in [4.69, 9.17) is 11.6 Å². The first-order valence-corrected chi connectivity index (χ1v) is 10.1. The van der Waals surface area contributed by atoms with Crippen molar-refractivity contribution in [3.63, 3.8) is 0 Å². The summed E-state index contributed by atoms with van der Waals surface area (Å²) >= 11 is 6.68. The van der Waals surface area contributed by atoms with Crippen LogP contribution in [0, 0.1) is 0 Å². The molecule has 0 aliphatic heterocycles. The lowest BCUT2D eigenvalue weighted by Crippen LogP contribution is -2.42. The van der Waals surface area contributed by atoms with Gasteiger partial charge in [-0.25, -0.2) is 8.42 Å². The first-order valence-electron chi connectivity index (χ1n) is 7.50. The number of rotatable bonds is 7. The third kappa shape index (κ3) is 5.28. The van der Waals surface area contributed by atoms with Crippen LogP contribution < -0.4 is 5.32 Å². The number of carbonyl (C=O) groups excluding carboxylic acids is 2. The Morgan fingerprint density at radius 3 is 2.31 bits per heavy atom. The lowest BCUT2D eigenvalue weighted by molar-refractivity contribution is -0.133. The quantitative estimate of drug-likeness (QED) is 0.750. The molecule has 2 rings (SSSR count). The maximum atomic E-state index is 12.4. The van der Waals surface area contributed by atoms with Gasteiger partial charge in [0.15, 0.2) is 0 Å². The second-order valence-corrected chi connectivity index (χ2v) is 9.47. The number of hydrogen-bond donors (Lipinski definition) is 1. The fourth-order valence-electron chi connectivity index (χ4n) is 2.01. The van der Waals surface area contributed by atoms with Gasteiger partial charge in [-0.1, -0.05) is 29.8 Å². The van der Waals surface area contributed by atoms with E-state index < -0.39 is 15.9 Å². The third-order valence-electron chi connectivity index (χ3n) is 3.44. The summed E-state index contributed by atoms with van der Waals surface area (Å²) in [5, 5.41) is 2.66. The van der Waals surface area contributed by atoms with Crippen molar-refractivity contribution in [2.75, 3.05) is 32.5 Å². The first kappa shape index (κ1) is 20.4. The molecular formula is C16H18ClN3O4S2. The van der Waals surface area contributed by atoms with Crippen LogP contribution in [-0.2, 0) is 19.6 Å². The number of benzene rings is 1. The van der Waals surface area contributed by atoms with Crippen LogP contribution in [0.5, 0.6) is 0 Å². The van der Waals surface area contributed by atoms with Crippen LogP contribution in [0.25, 0.3) is 0 Å². The number of anilines is 1. The molecule has 0 saturated heterocycles. The Bertz CT molecular complexity index is 884. The van der Waals surface area contributed by atoms with Gasteiger partial charge in [-0.05, 0) is 24.3 Å². The van der Waals surface area contributed by atoms with Gasteiger partial charge in [0.1, 0.15) is 4.21 Å². The van der Waals surface area contributed by atoms with Gasteiger partial charge in [-0.2, -0.15) is 4.31 Å². The molecule has 7 nitrogen and oxygen atoms in total. The molecule has 0 atom stereocenters. The highest BCUT2D eigenvalue weighted by molar-refractivity contribution is 7.91. The Morgan fingerprint density at radius 2 is 1.73 bits per heavy atom. The Labute approximate surface area is 161 Å². The maximum Gasteiger partial charge on any atom is 0.252 e. The number of nitrogens with one attached hydrogen (secondary N) is 1. The van der Waals surface area contributed by atoms with E-state index in [2.05, 4.69) is 5.32 Å². The second kappa shape index (κ2) is 8.63. The molecule has 0 fully saturated rings. The Balaban J connectivity index is 1.92. The van der Waals surface area contributed by atoms with E-state index in [9.17, 15) is 18.0 Å². The van der Waals surface area contributed by atoms with Gasteiger partial charge < -0.3 is 10.2 Å². The van der Waals surface area contributed by atoms with Crippen LogP contribution in [-0.4, -0.2) is 56.6 Å². The van der Waals surface area contributed by atoms with E-state index in [1.165, 1.54) is 31.1 Å². The summed E-state index contributed by atoms with van der Waals surface area (Å²) in [5.74, 6) is -0.871. The molecule has 1 aromatic carbocycles. The summed E-state index contributed by atoms with van der Waals surface area (Å²) in [7, 11) is -1.06. The fourth-order valence-corrected chi connectivity index (χ4v) is 4.83. The molecule has 2 amide bonds. The molecule has 1 aromatic heterocycles. The topological polar surface area (TPSA) is 86.8 Å². The van der Waals surface area contributed by atoms with Crippen LogP contribution in [0.15, 0.2) is 46.7 Å². The van der Waals surface area contributed by atoms with Crippen molar-refractivity contribution < 1.29 is 18.0 Å². The van der Waals surface area contributed by atoms with Crippen molar-refractivity contribution in [3.8, 4) is 0 Å². The summed E-state index contributed by atoms with van der Waals surface area (Å²) in [4.78, 5) is 25.4. The average molecular weight is 416 g/mol. The monoisotopic (exact) mass is 415 g/mol. The molecule has 10 heteroatoms. The summed E-state index contributed by atoms with van der Waals surface area (Å²) in [6.07, 6.45) is 0. The van der Waals surface area contributed by atoms with E-state index in [-0.39, 0.29) is 23.2 Å². The van der Waals surface area contributed by atoms with Crippen molar-refractivity contribution in [3.05, 3.63) is 46.8 Å². The van der Waals surface area contributed by atoms with Crippen molar-refractivity contribution in [2.24, 2.45) is 0 Å². The number of para-hydroxylation sites is 1. The number of sulfonamides is 1. The molecule has 0 aliphatic rings. The number of nitrogens with zero attached hydrogens (tertiary/aromatic N) is 2. The van der Waals surface area contributed by atoms with E-state index in [1.807, 2.05) is 6.07 Å². The zero-order valence-corrected chi connectivity index (χ0v) is 16.6. The van der Waals surface area contributed by atoms with Gasteiger partial charge in [0, 0.05) is 19.8 Å². The highest BCUT2D eigenvalue weighted by Gasteiger charge is 2.26. The predicted molar refractivity (Wildman–Crippen MR) is 102 cm³/mol. The minimum atomic E-state index is -3.80. The molecule has 0 aliphatic carbocycles. The average Bonchev–Trinajstić information content (AvgIpc) is 3.02. The predicted octanol–water partition coefficient (Wildman–Crippen LogP) is 2.12. The number of thiophene rings is 1. The summed E-state index contributed by atoms with van der Waals surface area (Å²) in [6.45, 7) is -0.570. The highest BCUT2D eigenvalue weighted by Crippen LogP contribution is 2.27. The molecule has 0 bridgehead atoms. The Kier molecular flexibility index (Phi) is 6.76. The minimum absolute atomic E-state index is 0.0577. The third-order valence-corrected chi connectivity index (χ3v) is 6.94. The molecule has 26 heavy (non-hydrogen) atoms. The lowest BCUT2D eigenvalue weighted by Gasteiger charge is -2.21. The fraction of sp³-hybridized carbons (Fsp3) is 0.250. The Morgan fingerprint density at radius 1 is 1.08 bits per heavy atom. The van der Waals surface area contributed by atoms with Gasteiger partial charge in [0.2, 0.25) is 11.8 Å². The summed E-state index contributed by atoms with van der Waals surface area (Å²) in [5.41, 5.74) is 0.618. The van der Waals surface area contributed by atoms with Crippen molar-refractivity contribution >= 4 is 50.5 Å². The van der Waals surface area contributed by atoms with Crippen LogP contribution >= 0.6 is 22.9 Å². The molecular weight excluding hydrogens is 398 g/mol. The number of likely N-dealkylation sites (N-methyl/N-ethyl adjacent to an activating group) is 2. The van der Waals surface area contributed by atoms with Crippen molar-refractivity contribution in [1.82, 2.24) is 9.21 Å². The SMILES string of the molecule is CN(CC(=O)Nc1ccccc1)C(=O)CN(C)S(=O)(=O)c1ccc(Cl)s1. The van der Waals surface area contributed by atoms with Gasteiger partial charge in [0.05, 0.1) is 17.4 Å². The van der Waals surface area contributed by atoms with E-state index in [0.29, 0.717) is 10.0 Å². The Hall–Kier alpha value is -1.94. The molecule has 1 heterocycles. The normalized spacial score (nSPS) is 11.4. The van der Waals surface area contributed by atoms with Crippen molar-refractivity contribution in [1.29, 1.82) is 0 Å². The van der Waals surface area contributed by atoms with Crippen LogP contribution in [0.2, 0.25) is 4.34 Å². The summed E-state index contributed by atoms with van der Waals surface area (Å²) < 4.78 is 26.1. The zero-order valence-electron chi connectivity index (χ0n) is 14.2. The molecule has 0 spiro atoms. The molecule has 2 aromatic rings. The number of carbonyl (C=O) groups is 2.